The monoisotopic (exact) mass is 370 g/mol. The Bertz CT molecular complexity index is 786. The van der Waals surface area contributed by atoms with Crippen molar-refractivity contribution in [3.05, 3.63) is 53.1 Å². The van der Waals surface area contributed by atoms with Crippen molar-refractivity contribution >= 4 is 0 Å². The number of piperidine rings is 1. The van der Waals surface area contributed by atoms with E-state index in [-0.39, 0.29) is 5.82 Å². The minimum Gasteiger partial charge on any atom is -0.298 e. The first kappa shape index (κ1) is 18.6. The van der Waals surface area contributed by atoms with Gasteiger partial charge in [0.25, 0.3) is 0 Å². The highest BCUT2D eigenvalue weighted by Gasteiger charge is 2.41. The van der Waals surface area contributed by atoms with E-state index < -0.39 is 0 Å². The second kappa shape index (κ2) is 7.72. The smallest absolute Gasteiger partial charge is 0.127 e. The van der Waals surface area contributed by atoms with Crippen LogP contribution in [0.2, 0.25) is 0 Å². The van der Waals surface area contributed by atoms with Crippen molar-refractivity contribution in [3.63, 3.8) is 0 Å². The van der Waals surface area contributed by atoms with E-state index in [4.69, 9.17) is 0 Å². The molecule has 0 saturated carbocycles. The molecule has 1 aromatic heterocycles. The molecule has 2 aliphatic rings. The van der Waals surface area contributed by atoms with Gasteiger partial charge in [0.1, 0.15) is 5.82 Å². The van der Waals surface area contributed by atoms with Crippen molar-refractivity contribution in [3.8, 4) is 0 Å². The topological polar surface area (TPSA) is 24.3 Å². The van der Waals surface area contributed by atoms with E-state index in [0.29, 0.717) is 5.41 Å². The minimum absolute atomic E-state index is 0.0754. The van der Waals surface area contributed by atoms with Crippen LogP contribution >= 0.6 is 0 Å². The van der Waals surface area contributed by atoms with Gasteiger partial charge in [-0.05, 0) is 57.7 Å². The van der Waals surface area contributed by atoms with Gasteiger partial charge in [-0.1, -0.05) is 18.2 Å². The molecule has 2 aromatic rings. The Morgan fingerprint density at radius 1 is 1.04 bits per heavy atom. The maximum absolute atomic E-state index is 14.0. The fraction of sp³-hybridized carbons (Fsp3) is 0.591. The third kappa shape index (κ3) is 4.09. The summed E-state index contributed by atoms with van der Waals surface area (Å²) in [6, 6.07) is 7.21. The van der Waals surface area contributed by atoms with Crippen molar-refractivity contribution in [2.24, 2.45) is 5.41 Å². The molecule has 1 spiro atoms. The summed E-state index contributed by atoms with van der Waals surface area (Å²) < 4.78 is 16.1. The van der Waals surface area contributed by atoms with Gasteiger partial charge in [0.05, 0.1) is 5.69 Å². The van der Waals surface area contributed by atoms with Gasteiger partial charge >= 0.3 is 0 Å². The van der Waals surface area contributed by atoms with Gasteiger partial charge in [-0.25, -0.2) is 4.39 Å². The predicted octanol–water partition coefficient (Wildman–Crippen LogP) is 3.84. The summed E-state index contributed by atoms with van der Waals surface area (Å²) in [6.07, 6.45) is 5.97. The predicted molar refractivity (Wildman–Crippen MR) is 106 cm³/mol. The number of benzene rings is 1. The molecule has 4 rings (SSSR count). The first-order chi connectivity index (χ1) is 13.1. The Kier molecular flexibility index (Phi) is 5.33. The fourth-order valence-corrected chi connectivity index (χ4v) is 4.93. The quantitative estimate of drug-likeness (QED) is 0.799. The molecule has 27 heavy (non-hydrogen) atoms. The number of likely N-dealkylation sites (tertiary alicyclic amines) is 2. The Balaban J connectivity index is 1.39. The molecule has 0 bridgehead atoms. The Morgan fingerprint density at radius 2 is 1.78 bits per heavy atom. The van der Waals surface area contributed by atoms with Crippen LogP contribution in [0, 0.1) is 18.2 Å². The molecule has 2 aliphatic heterocycles. The molecule has 0 amide bonds. The van der Waals surface area contributed by atoms with Gasteiger partial charge in [-0.3, -0.25) is 14.5 Å². The number of halogens is 1. The summed E-state index contributed by atoms with van der Waals surface area (Å²) in [4.78, 5) is 5.06. The average molecular weight is 371 g/mol. The Labute approximate surface area is 162 Å². The van der Waals surface area contributed by atoms with Gasteiger partial charge in [-0.2, -0.15) is 5.10 Å². The normalized spacial score (nSPS) is 24.1. The molecule has 146 valence electrons. The fourth-order valence-electron chi connectivity index (χ4n) is 4.93. The summed E-state index contributed by atoms with van der Waals surface area (Å²) >= 11 is 0. The molecular weight excluding hydrogens is 339 g/mol. The molecule has 0 aliphatic carbocycles. The summed E-state index contributed by atoms with van der Waals surface area (Å²) in [5.74, 6) is -0.0754. The van der Waals surface area contributed by atoms with Crippen LogP contribution in [0.25, 0.3) is 0 Å². The largest absolute Gasteiger partial charge is 0.298 e. The van der Waals surface area contributed by atoms with Crippen molar-refractivity contribution < 1.29 is 4.39 Å². The zero-order chi connectivity index (χ0) is 18.9. The van der Waals surface area contributed by atoms with E-state index in [2.05, 4.69) is 34.9 Å². The van der Waals surface area contributed by atoms with E-state index in [0.717, 1.165) is 57.1 Å². The van der Waals surface area contributed by atoms with Gasteiger partial charge in [0.15, 0.2) is 0 Å². The van der Waals surface area contributed by atoms with Crippen LogP contribution in [0.1, 0.15) is 43.0 Å². The molecule has 1 atom stereocenters. The van der Waals surface area contributed by atoms with Crippen molar-refractivity contribution in [2.75, 3.05) is 26.2 Å². The second-order valence-corrected chi connectivity index (χ2v) is 8.46. The van der Waals surface area contributed by atoms with Crippen molar-refractivity contribution in [2.45, 2.75) is 52.7 Å². The lowest BCUT2D eigenvalue weighted by atomic mass is 9.79. The maximum atomic E-state index is 14.0. The van der Waals surface area contributed by atoms with Crippen LogP contribution in [-0.4, -0.2) is 45.8 Å². The van der Waals surface area contributed by atoms with Crippen LogP contribution in [0.4, 0.5) is 4.39 Å². The minimum atomic E-state index is -0.0754. The van der Waals surface area contributed by atoms with Crippen LogP contribution in [0.5, 0.6) is 0 Å². The molecule has 5 heteroatoms. The van der Waals surface area contributed by atoms with Gasteiger partial charge in [0, 0.05) is 50.0 Å². The van der Waals surface area contributed by atoms with E-state index in [1.807, 2.05) is 16.8 Å². The molecule has 1 aromatic carbocycles. The average Bonchev–Trinajstić information content (AvgIpc) is 3.21. The number of nitrogens with zero attached hydrogens (tertiary/aromatic N) is 4. The molecule has 0 N–H and O–H groups in total. The third-order valence-electron chi connectivity index (χ3n) is 6.38. The van der Waals surface area contributed by atoms with Crippen LogP contribution in [-0.2, 0) is 19.6 Å². The van der Waals surface area contributed by atoms with E-state index in [9.17, 15) is 4.39 Å². The second-order valence-electron chi connectivity index (χ2n) is 8.46. The Hall–Kier alpha value is -1.72. The van der Waals surface area contributed by atoms with E-state index in [1.54, 1.807) is 12.1 Å². The molecule has 2 fully saturated rings. The number of hydrogen-bond donors (Lipinski definition) is 0. The summed E-state index contributed by atoms with van der Waals surface area (Å²) in [7, 11) is 0. The molecule has 0 unspecified atom stereocenters. The van der Waals surface area contributed by atoms with Crippen LogP contribution in [0.3, 0.4) is 0 Å². The van der Waals surface area contributed by atoms with Crippen molar-refractivity contribution in [1.29, 1.82) is 0 Å². The van der Waals surface area contributed by atoms with Crippen LogP contribution < -0.4 is 0 Å². The first-order valence-electron chi connectivity index (χ1n) is 10.3. The van der Waals surface area contributed by atoms with Gasteiger partial charge in [0.2, 0.25) is 0 Å². The number of hydrogen-bond acceptors (Lipinski definition) is 3. The maximum Gasteiger partial charge on any atom is 0.127 e. The van der Waals surface area contributed by atoms with Gasteiger partial charge < -0.3 is 0 Å². The summed E-state index contributed by atoms with van der Waals surface area (Å²) in [5, 5.41) is 4.59. The van der Waals surface area contributed by atoms with Crippen LogP contribution in [0.15, 0.2) is 30.5 Å². The lowest BCUT2D eigenvalue weighted by Gasteiger charge is -2.40. The zero-order valence-corrected chi connectivity index (χ0v) is 16.6. The molecule has 2 saturated heterocycles. The lowest BCUT2D eigenvalue weighted by Crippen LogP contribution is -2.44. The highest BCUT2D eigenvalue weighted by Crippen LogP contribution is 2.40. The van der Waals surface area contributed by atoms with Crippen molar-refractivity contribution in [1.82, 2.24) is 19.6 Å². The zero-order valence-electron chi connectivity index (χ0n) is 16.6. The number of aryl methyl sites for hydroxylation is 2. The van der Waals surface area contributed by atoms with E-state index in [1.165, 1.54) is 24.8 Å². The SMILES string of the molecule is CCn1cc(CN2CC[C@@]3(CCCN(Cc4ccccc4F)C3)C2)c(C)n1. The molecular formula is C22H31FN4. The first-order valence-corrected chi connectivity index (χ1v) is 10.3. The number of rotatable bonds is 5. The Morgan fingerprint density at radius 3 is 2.52 bits per heavy atom. The standard InChI is InChI=1S/C22H31FN4/c1-3-27-15-20(18(2)24-27)14-26-12-10-22(17-26)9-6-11-25(16-22)13-19-7-4-5-8-21(19)23/h4-5,7-8,15H,3,6,9-14,16-17H2,1-2H3/t22-/m1/s1. The molecule has 0 radical (unpaired) electrons. The van der Waals surface area contributed by atoms with Gasteiger partial charge in [-0.15, -0.1) is 0 Å². The summed E-state index contributed by atoms with van der Waals surface area (Å²) in [5.41, 5.74) is 3.71. The highest BCUT2D eigenvalue weighted by atomic mass is 19.1. The molecule has 3 heterocycles. The van der Waals surface area contributed by atoms with E-state index >= 15 is 0 Å². The molecule has 4 nitrogen and oxygen atoms in total. The third-order valence-corrected chi connectivity index (χ3v) is 6.38. The summed E-state index contributed by atoms with van der Waals surface area (Å²) in [6.45, 7) is 11.4. The highest BCUT2D eigenvalue weighted by molar-refractivity contribution is 5.18. The lowest BCUT2D eigenvalue weighted by molar-refractivity contribution is 0.0858. The number of aromatic nitrogens is 2.